The molecule has 15 heavy (non-hydrogen) atoms. The summed E-state index contributed by atoms with van der Waals surface area (Å²) < 4.78 is 0. The van der Waals surface area contributed by atoms with Crippen LogP contribution in [0.15, 0.2) is 0 Å². The number of likely N-dealkylation sites (tertiary alicyclic amines) is 1. The summed E-state index contributed by atoms with van der Waals surface area (Å²) >= 11 is 0. The van der Waals surface area contributed by atoms with Crippen LogP contribution in [-0.4, -0.2) is 35.0 Å². The fraction of sp³-hybridized carbons (Fsp3) is 0.818. The first-order valence-corrected chi connectivity index (χ1v) is 5.64. The second kappa shape index (κ2) is 4.21. The fourth-order valence-corrected chi connectivity index (χ4v) is 2.22. The van der Waals surface area contributed by atoms with Gasteiger partial charge in [-0.05, 0) is 18.8 Å². The minimum absolute atomic E-state index is 0.188. The smallest absolute Gasteiger partial charge is 0.303 e. The summed E-state index contributed by atoms with van der Waals surface area (Å²) in [5.41, 5.74) is 0. The molecular weight excluding hydrogens is 194 g/mol. The summed E-state index contributed by atoms with van der Waals surface area (Å²) in [7, 11) is 0. The van der Waals surface area contributed by atoms with E-state index in [1.807, 2.05) is 0 Å². The maximum absolute atomic E-state index is 11.6. The minimum atomic E-state index is -0.758. The van der Waals surface area contributed by atoms with Gasteiger partial charge in [-0.1, -0.05) is 6.42 Å². The van der Waals surface area contributed by atoms with Crippen molar-refractivity contribution in [3.63, 3.8) is 0 Å². The molecule has 0 aromatic carbocycles. The van der Waals surface area contributed by atoms with Crippen LogP contribution in [0.2, 0.25) is 0 Å². The Kier molecular flexibility index (Phi) is 2.93. The van der Waals surface area contributed by atoms with Crippen LogP contribution < -0.4 is 0 Å². The van der Waals surface area contributed by atoms with Gasteiger partial charge >= 0.3 is 5.97 Å². The Balaban J connectivity index is 1.65. The predicted molar refractivity (Wildman–Crippen MR) is 54.3 cm³/mol. The van der Waals surface area contributed by atoms with Gasteiger partial charge in [-0.25, -0.2) is 0 Å². The molecule has 1 heterocycles. The van der Waals surface area contributed by atoms with Crippen molar-refractivity contribution in [2.45, 2.75) is 32.1 Å². The van der Waals surface area contributed by atoms with Gasteiger partial charge in [0.2, 0.25) is 5.91 Å². The van der Waals surface area contributed by atoms with Crippen LogP contribution in [-0.2, 0) is 9.59 Å². The van der Waals surface area contributed by atoms with Crippen molar-refractivity contribution < 1.29 is 14.7 Å². The Morgan fingerprint density at radius 1 is 1.13 bits per heavy atom. The third kappa shape index (κ3) is 2.49. The number of aliphatic carboxylic acids is 1. The fourth-order valence-electron chi connectivity index (χ4n) is 2.22. The zero-order chi connectivity index (χ0) is 10.8. The van der Waals surface area contributed by atoms with Gasteiger partial charge < -0.3 is 10.0 Å². The number of hydrogen-bond acceptors (Lipinski definition) is 2. The van der Waals surface area contributed by atoms with Crippen LogP contribution in [0.5, 0.6) is 0 Å². The third-order valence-corrected chi connectivity index (χ3v) is 3.46. The normalized spacial score (nSPS) is 22.0. The highest BCUT2D eigenvalue weighted by molar-refractivity contribution is 5.77. The van der Waals surface area contributed by atoms with E-state index < -0.39 is 5.97 Å². The van der Waals surface area contributed by atoms with Gasteiger partial charge in [0.15, 0.2) is 0 Å². The number of carboxylic acids is 1. The van der Waals surface area contributed by atoms with Gasteiger partial charge in [0.25, 0.3) is 0 Å². The molecule has 1 saturated carbocycles. The highest BCUT2D eigenvalue weighted by Gasteiger charge is 2.33. The average molecular weight is 211 g/mol. The SMILES string of the molecule is O=C(O)CC1CN(C(=O)CC2CCC2)C1. The molecule has 84 valence electrons. The zero-order valence-corrected chi connectivity index (χ0v) is 8.82. The second-order valence-electron chi connectivity index (χ2n) is 4.76. The Morgan fingerprint density at radius 3 is 2.27 bits per heavy atom. The quantitative estimate of drug-likeness (QED) is 0.757. The van der Waals surface area contributed by atoms with Crippen LogP contribution in [0.3, 0.4) is 0 Å². The number of rotatable bonds is 4. The molecule has 0 spiro atoms. The molecule has 0 atom stereocenters. The second-order valence-corrected chi connectivity index (χ2v) is 4.76. The molecule has 2 rings (SSSR count). The molecule has 1 amide bonds. The zero-order valence-electron chi connectivity index (χ0n) is 8.82. The summed E-state index contributed by atoms with van der Waals surface area (Å²) in [6.45, 7) is 1.30. The van der Waals surface area contributed by atoms with E-state index in [9.17, 15) is 9.59 Å². The maximum Gasteiger partial charge on any atom is 0.303 e. The first-order chi connectivity index (χ1) is 7.15. The molecule has 2 fully saturated rings. The van der Waals surface area contributed by atoms with E-state index in [-0.39, 0.29) is 18.2 Å². The molecule has 0 aromatic rings. The molecule has 4 heteroatoms. The molecule has 4 nitrogen and oxygen atoms in total. The summed E-state index contributed by atoms with van der Waals surface area (Å²) in [5, 5.41) is 8.56. The summed E-state index contributed by atoms with van der Waals surface area (Å²) in [4.78, 5) is 23.8. The Morgan fingerprint density at radius 2 is 1.80 bits per heavy atom. The topological polar surface area (TPSA) is 57.6 Å². The number of carboxylic acid groups (broad SMARTS) is 1. The van der Waals surface area contributed by atoms with E-state index >= 15 is 0 Å². The van der Waals surface area contributed by atoms with Crippen LogP contribution >= 0.6 is 0 Å². The largest absolute Gasteiger partial charge is 0.481 e. The van der Waals surface area contributed by atoms with Gasteiger partial charge in [0.1, 0.15) is 0 Å². The lowest BCUT2D eigenvalue weighted by Gasteiger charge is -2.40. The van der Waals surface area contributed by atoms with Crippen LogP contribution in [0.1, 0.15) is 32.1 Å². The average Bonchev–Trinajstić information content (AvgIpc) is 2.02. The monoisotopic (exact) mass is 211 g/mol. The van der Waals surface area contributed by atoms with Crippen LogP contribution in [0.25, 0.3) is 0 Å². The van der Waals surface area contributed by atoms with Crippen molar-refractivity contribution in [3.05, 3.63) is 0 Å². The molecule has 1 aliphatic heterocycles. The highest BCUT2D eigenvalue weighted by atomic mass is 16.4. The molecule has 1 saturated heterocycles. The summed E-state index contributed by atoms with van der Waals surface area (Å²) in [6, 6.07) is 0. The molecule has 1 aliphatic carbocycles. The minimum Gasteiger partial charge on any atom is -0.481 e. The van der Waals surface area contributed by atoms with E-state index in [2.05, 4.69) is 0 Å². The Hall–Kier alpha value is -1.06. The third-order valence-electron chi connectivity index (χ3n) is 3.46. The summed E-state index contributed by atoms with van der Waals surface area (Å²) in [6.07, 6.45) is 4.53. The van der Waals surface area contributed by atoms with Crippen molar-refractivity contribution in [3.8, 4) is 0 Å². The van der Waals surface area contributed by atoms with Crippen molar-refractivity contribution in [2.24, 2.45) is 11.8 Å². The van der Waals surface area contributed by atoms with E-state index in [0.717, 1.165) is 0 Å². The number of carbonyl (C=O) groups is 2. The van der Waals surface area contributed by atoms with Gasteiger partial charge in [0, 0.05) is 25.4 Å². The number of carbonyl (C=O) groups excluding carboxylic acids is 1. The van der Waals surface area contributed by atoms with E-state index in [0.29, 0.717) is 25.4 Å². The molecule has 0 unspecified atom stereocenters. The Bertz CT molecular complexity index is 267. The molecule has 0 bridgehead atoms. The number of amides is 1. The van der Waals surface area contributed by atoms with Crippen LogP contribution in [0, 0.1) is 11.8 Å². The molecular formula is C11H17NO3. The lowest BCUT2D eigenvalue weighted by atomic mass is 9.82. The maximum atomic E-state index is 11.6. The highest BCUT2D eigenvalue weighted by Crippen LogP contribution is 2.31. The molecule has 0 radical (unpaired) electrons. The number of nitrogens with zero attached hydrogens (tertiary/aromatic N) is 1. The summed E-state index contributed by atoms with van der Waals surface area (Å²) in [5.74, 6) is 0.260. The van der Waals surface area contributed by atoms with Gasteiger partial charge in [0.05, 0.1) is 6.42 Å². The molecule has 0 aromatic heterocycles. The lowest BCUT2D eigenvalue weighted by Crippen LogP contribution is -2.51. The van der Waals surface area contributed by atoms with Crippen molar-refractivity contribution in [1.82, 2.24) is 4.90 Å². The first kappa shape index (κ1) is 10.5. The number of hydrogen-bond donors (Lipinski definition) is 1. The molecule has 1 N–H and O–H groups in total. The molecule has 2 aliphatic rings. The van der Waals surface area contributed by atoms with Crippen LogP contribution in [0.4, 0.5) is 0 Å². The first-order valence-electron chi connectivity index (χ1n) is 5.64. The Labute approximate surface area is 89.3 Å². The van der Waals surface area contributed by atoms with Crippen molar-refractivity contribution in [1.29, 1.82) is 0 Å². The van der Waals surface area contributed by atoms with Gasteiger partial charge in [-0.3, -0.25) is 9.59 Å². The van der Waals surface area contributed by atoms with Crippen molar-refractivity contribution >= 4 is 11.9 Å². The predicted octanol–water partition coefficient (Wildman–Crippen LogP) is 1.11. The van der Waals surface area contributed by atoms with Gasteiger partial charge in [-0.15, -0.1) is 0 Å². The lowest BCUT2D eigenvalue weighted by molar-refractivity contribution is -0.145. The standard InChI is InChI=1S/C11H17NO3/c13-10(4-8-2-1-3-8)12-6-9(7-12)5-11(14)15/h8-9H,1-7H2,(H,14,15). The van der Waals surface area contributed by atoms with E-state index in [1.165, 1.54) is 19.3 Å². The van der Waals surface area contributed by atoms with E-state index in [4.69, 9.17) is 5.11 Å². The van der Waals surface area contributed by atoms with Crippen molar-refractivity contribution in [2.75, 3.05) is 13.1 Å². The van der Waals surface area contributed by atoms with E-state index in [1.54, 1.807) is 4.90 Å². The van der Waals surface area contributed by atoms with Gasteiger partial charge in [-0.2, -0.15) is 0 Å².